The number of aromatic nitrogens is 1. The summed E-state index contributed by atoms with van der Waals surface area (Å²) in [6.45, 7) is 5.14. The highest BCUT2D eigenvalue weighted by atomic mass is 16.1. The van der Waals surface area contributed by atoms with E-state index in [0.717, 1.165) is 43.6 Å². The lowest BCUT2D eigenvalue weighted by molar-refractivity contribution is -0.118. The molecule has 2 heterocycles. The normalized spacial score (nSPS) is 20.8. The summed E-state index contributed by atoms with van der Waals surface area (Å²) in [5.41, 5.74) is 1.14. The zero-order chi connectivity index (χ0) is 13.0. The van der Waals surface area contributed by atoms with Crippen LogP contribution in [0.2, 0.25) is 0 Å². The van der Waals surface area contributed by atoms with Crippen molar-refractivity contribution in [3.05, 3.63) is 23.9 Å². The quantitative estimate of drug-likeness (QED) is 0.813. The Balaban J connectivity index is 2.23. The van der Waals surface area contributed by atoms with Gasteiger partial charge >= 0.3 is 0 Å². The molecule has 2 atom stereocenters. The molecule has 1 aromatic heterocycles. The van der Waals surface area contributed by atoms with Gasteiger partial charge in [0.15, 0.2) is 0 Å². The predicted octanol–water partition coefficient (Wildman–Crippen LogP) is 2.59. The number of rotatable bonds is 5. The molecule has 1 aromatic rings. The number of carbonyl (C=O) groups excluding carboxylic acids is 1. The standard InChI is InChI=1S/C14H21N3O/c1-3-11(2)16-14-12(6-4-8-15-14)13-7-5-9-17(13)10-18/h4,6,8,10-11,13H,3,5,7,9H2,1-2H3,(H,15,16)/t11-,13-/m1/s1. The summed E-state index contributed by atoms with van der Waals surface area (Å²) < 4.78 is 0. The van der Waals surface area contributed by atoms with E-state index in [1.54, 1.807) is 6.20 Å². The van der Waals surface area contributed by atoms with Gasteiger partial charge < -0.3 is 10.2 Å². The molecule has 1 aliphatic heterocycles. The second-order valence-corrected chi connectivity index (χ2v) is 4.90. The van der Waals surface area contributed by atoms with Crippen LogP contribution in [0.1, 0.15) is 44.7 Å². The highest BCUT2D eigenvalue weighted by Gasteiger charge is 2.27. The summed E-state index contributed by atoms with van der Waals surface area (Å²) >= 11 is 0. The molecular formula is C14H21N3O. The van der Waals surface area contributed by atoms with Crippen molar-refractivity contribution >= 4 is 12.2 Å². The molecule has 2 rings (SSSR count). The lowest BCUT2D eigenvalue weighted by atomic mass is 10.1. The lowest BCUT2D eigenvalue weighted by Crippen LogP contribution is -2.23. The van der Waals surface area contributed by atoms with E-state index in [0.29, 0.717) is 6.04 Å². The minimum Gasteiger partial charge on any atom is -0.367 e. The van der Waals surface area contributed by atoms with Crippen molar-refractivity contribution in [1.29, 1.82) is 0 Å². The van der Waals surface area contributed by atoms with Gasteiger partial charge in [0.25, 0.3) is 0 Å². The second kappa shape index (κ2) is 5.85. The van der Waals surface area contributed by atoms with Crippen molar-refractivity contribution in [2.45, 2.75) is 45.2 Å². The molecule has 1 aliphatic rings. The molecule has 0 bridgehead atoms. The molecule has 4 nitrogen and oxygen atoms in total. The summed E-state index contributed by atoms with van der Waals surface area (Å²) in [5.74, 6) is 0.922. The number of nitrogens with zero attached hydrogens (tertiary/aromatic N) is 2. The van der Waals surface area contributed by atoms with Crippen molar-refractivity contribution in [1.82, 2.24) is 9.88 Å². The lowest BCUT2D eigenvalue weighted by Gasteiger charge is -2.24. The van der Waals surface area contributed by atoms with Gasteiger partial charge in [0.2, 0.25) is 6.41 Å². The summed E-state index contributed by atoms with van der Waals surface area (Å²) in [6, 6.07) is 4.59. The first-order chi connectivity index (χ1) is 8.76. The fraction of sp³-hybridized carbons (Fsp3) is 0.571. The molecule has 4 heteroatoms. The molecule has 0 saturated carbocycles. The molecule has 1 N–H and O–H groups in total. The Kier molecular flexibility index (Phi) is 4.18. The Hall–Kier alpha value is -1.58. The maximum atomic E-state index is 11.1. The highest BCUT2D eigenvalue weighted by molar-refractivity contribution is 5.53. The van der Waals surface area contributed by atoms with Crippen molar-refractivity contribution < 1.29 is 4.79 Å². The molecule has 1 fully saturated rings. The van der Waals surface area contributed by atoms with Gasteiger partial charge in [-0.3, -0.25) is 4.79 Å². The fourth-order valence-electron chi connectivity index (χ4n) is 2.39. The van der Waals surface area contributed by atoms with E-state index in [1.807, 2.05) is 11.0 Å². The highest BCUT2D eigenvalue weighted by Crippen LogP contribution is 2.34. The summed E-state index contributed by atoms with van der Waals surface area (Å²) in [6.07, 6.45) is 5.91. The number of hydrogen-bond donors (Lipinski definition) is 1. The number of nitrogens with one attached hydrogen (secondary N) is 1. The molecule has 0 unspecified atom stereocenters. The Labute approximate surface area is 108 Å². The van der Waals surface area contributed by atoms with Gasteiger partial charge in [-0.1, -0.05) is 13.0 Å². The van der Waals surface area contributed by atoms with E-state index in [-0.39, 0.29) is 6.04 Å². The smallest absolute Gasteiger partial charge is 0.210 e. The molecule has 0 radical (unpaired) electrons. The van der Waals surface area contributed by atoms with Gasteiger partial charge in [0.1, 0.15) is 5.82 Å². The number of pyridine rings is 1. The van der Waals surface area contributed by atoms with E-state index >= 15 is 0 Å². The van der Waals surface area contributed by atoms with Crippen LogP contribution >= 0.6 is 0 Å². The third-order valence-electron chi connectivity index (χ3n) is 3.62. The molecule has 0 aromatic carbocycles. The van der Waals surface area contributed by atoms with Crippen LogP contribution in [0.25, 0.3) is 0 Å². The van der Waals surface area contributed by atoms with Crippen LogP contribution in [0.5, 0.6) is 0 Å². The first-order valence-electron chi connectivity index (χ1n) is 6.68. The van der Waals surface area contributed by atoms with Gasteiger partial charge in [-0.15, -0.1) is 0 Å². The minimum atomic E-state index is 0.183. The molecular weight excluding hydrogens is 226 g/mol. The van der Waals surface area contributed by atoms with E-state index < -0.39 is 0 Å². The van der Waals surface area contributed by atoms with Crippen molar-refractivity contribution in [2.24, 2.45) is 0 Å². The molecule has 1 amide bonds. The number of hydrogen-bond acceptors (Lipinski definition) is 3. The van der Waals surface area contributed by atoms with Gasteiger partial charge in [0.05, 0.1) is 6.04 Å². The zero-order valence-corrected chi connectivity index (χ0v) is 11.1. The van der Waals surface area contributed by atoms with Crippen LogP contribution in [-0.2, 0) is 4.79 Å². The first kappa shape index (κ1) is 12.9. The largest absolute Gasteiger partial charge is 0.367 e. The van der Waals surface area contributed by atoms with Crippen LogP contribution in [-0.4, -0.2) is 28.9 Å². The van der Waals surface area contributed by atoms with Crippen LogP contribution in [0.15, 0.2) is 18.3 Å². The number of carbonyl (C=O) groups is 1. The van der Waals surface area contributed by atoms with Crippen LogP contribution in [0.3, 0.4) is 0 Å². The van der Waals surface area contributed by atoms with Crippen molar-refractivity contribution in [3.8, 4) is 0 Å². The molecule has 98 valence electrons. The molecule has 0 aliphatic carbocycles. The van der Waals surface area contributed by atoms with E-state index in [2.05, 4.69) is 30.2 Å². The van der Waals surface area contributed by atoms with Gasteiger partial charge in [-0.05, 0) is 32.3 Å². The third-order valence-corrected chi connectivity index (χ3v) is 3.62. The Morgan fingerprint density at radius 1 is 1.67 bits per heavy atom. The SMILES string of the molecule is CC[C@@H](C)Nc1ncccc1[C@H]1CCCN1C=O. The molecule has 0 spiro atoms. The van der Waals surface area contributed by atoms with E-state index in [1.165, 1.54) is 0 Å². The number of likely N-dealkylation sites (tertiary alicyclic amines) is 1. The second-order valence-electron chi connectivity index (χ2n) is 4.90. The Morgan fingerprint density at radius 2 is 2.50 bits per heavy atom. The first-order valence-corrected chi connectivity index (χ1v) is 6.68. The van der Waals surface area contributed by atoms with Crippen LogP contribution in [0.4, 0.5) is 5.82 Å². The summed E-state index contributed by atoms with van der Waals surface area (Å²) in [4.78, 5) is 17.4. The third kappa shape index (κ3) is 2.63. The molecule has 1 saturated heterocycles. The van der Waals surface area contributed by atoms with Crippen LogP contribution in [0, 0.1) is 0 Å². The monoisotopic (exact) mass is 247 g/mol. The topological polar surface area (TPSA) is 45.2 Å². The zero-order valence-electron chi connectivity index (χ0n) is 11.1. The summed E-state index contributed by atoms with van der Waals surface area (Å²) in [5, 5.41) is 3.43. The van der Waals surface area contributed by atoms with Crippen molar-refractivity contribution in [3.63, 3.8) is 0 Å². The van der Waals surface area contributed by atoms with Crippen molar-refractivity contribution in [2.75, 3.05) is 11.9 Å². The van der Waals surface area contributed by atoms with Crippen LogP contribution < -0.4 is 5.32 Å². The Bertz CT molecular complexity index is 408. The summed E-state index contributed by atoms with van der Waals surface area (Å²) in [7, 11) is 0. The fourth-order valence-corrected chi connectivity index (χ4v) is 2.39. The van der Waals surface area contributed by atoms with Gasteiger partial charge in [-0.25, -0.2) is 4.98 Å². The van der Waals surface area contributed by atoms with E-state index in [4.69, 9.17) is 0 Å². The average molecular weight is 247 g/mol. The Morgan fingerprint density at radius 3 is 3.22 bits per heavy atom. The maximum Gasteiger partial charge on any atom is 0.210 e. The minimum absolute atomic E-state index is 0.183. The maximum absolute atomic E-state index is 11.1. The number of amides is 1. The predicted molar refractivity (Wildman–Crippen MR) is 72.4 cm³/mol. The molecule has 18 heavy (non-hydrogen) atoms. The van der Waals surface area contributed by atoms with Gasteiger partial charge in [-0.2, -0.15) is 0 Å². The average Bonchev–Trinajstić information content (AvgIpc) is 2.87. The number of anilines is 1. The van der Waals surface area contributed by atoms with E-state index in [9.17, 15) is 4.79 Å². The van der Waals surface area contributed by atoms with Gasteiger partial charge in [0, 0.05) is 24.3 Å².